The fraction of sp³-hybridized carbons (Fsp3) is 0.500. The number of likely N-dealkylation sites (N-methyl/N-ethyl adjacent to an activating group) is 1. The van der Waals surface area contributed by atoms with Crippen molar-refractivity contribution < 1.29 is 9.72 Å². The van der Waals surface area contributed by atoms with Crippen molar-refractivity contribution in [3.63, 3.8) is 0 Å². The Balaban J connectivity index is 0.00000220. The second-order valence-electron chi connectivity index (χ2n) is 5.14. The van der Waals surface area contributed by atoms with E-state index in [0.29, 0.717) is 24.7 Å². The molecule has 6 nitrogen and oxygen atoms in total. The molecule has 1 aliphatic heterocycles. The van der Waals surface area contributed by atoms with E-state index >= 15 is 0 Å². The van der Waals surface area contributed by atoms with Crippen LogP contribution in [-0.4, -0.2) is 41.9 Å². The maximum atomic E-state index is 12.5. The van der Waals surface area contributed by atoms with Gasteiger partial charge in [-0.25, -0.2) is 0 Å². The summed E-state index contributed by atoms with van der Waals surface area (Å²) in [4.78, 5) is 24.7. The maximum absolute atomic E-state index is 12.5. The number of piperidine rings is 1. The van der Waals surface area contributed by atoms with Gasteiger partial charge in [0.25, 0.3) is 11.6 Å². The zero-order chi connectivity index (χ0) is 14.7. The summed E-state index contributed by atoms with van der Waals surface area (Å²) in [5.74, 6) is -0.119. The summed E-state index contributed by atoms with van der Waals surface area (Å²) in [6.07, 6.45) is 2.00. The second-order valence-corrected chi connectivity index (χ2v) is 5.14. The maximum Gasteiger partial charge on any atom is 0.270 e. The Morgan fingerprint density at radius 2 is 2.19 bits per heavy atom. The molecule has 0 radical (unpaired) electrons. The molecule has 0 spiro atoms. The van der Waals surface area contributed by atoms with Crippen LogP contribution in [0.25, 0.3) is 0 Å². The fourth-order valence-electron chi connectivity index (χ4n) is 2.52. The summed E-state index contributed by atoms with van der Waals surface area (Å²) in [5.41, 5.74) is 1.16. The lowest BCUT2D eigenvalue weighted by atomic mass is 10.0. The van der Waals surface area contributed by atoms with Crippen LogP contribution in [0.5, 0.6) is 0 Å². The van der Waals surface area contributed by atoms with E-state index in [2.05, 4.69) is 5.32 Å². The largest absolute Gasteiger partial charge is 0.337 e. The number of hydrogen-bond donors (Lipinski definition) is 1. The predicted octanol–water partition coefficient (Wildman–Crippen LogP) is 2.15. The lowest BCUT2D eigenvalue weighted by molar-refractivity contribution is -0.384. The predicted molar refractivity (Wildman–Crippen MR) is 83.1 cm³/mol. The van der Waals surface area contributed by atoms with Crippen LogP contribution in [0.2, 0.25) is 0 Å². The van der Waals surface area contributed by atoms with E-state index in [1.165, 1.54) is 12.1 Å². The van der Waals surface area contributed by atoms with E-state index in [9.17, 15) is 14.9 Å². The third kappa shape index (κ3) is 3.92. The monoisotopic (exact) mass is 313 g/mol. The van der Waals surface area contributed by atoms with Crippen LogP contribution in [0.15, 0.2) is 18.2 Å². The van der Waals surface area contributed by atoms with Crippen LogP contribution in [0, 0.1) is 17.0 Å². The van der Waals surface area contributed by atoms with Crippen molar-refractivity contribution in [2.75, 3.05) is 20.1 Å². The molecule has 1 heterocycles. The number of nitrogens with zero attached hydrogens (tertiary/aromatic N) is 2. The Morgan fingerprint density at radius 1 is 1.48 bits per heavy atom. The van der Waals surface area contributed by atoms with E-state index in [1.807, 2.05) is 7.05 Å². The van der Waals surface area contributed by atoms with Gasteiger partial charge >= 0.3 is 0 Å². The first-order valence-corrected chi connectivity index (χ1v) is 6.74. The molecule has 1 fully saturated rings. The number of nitro groups is 1. The number of likely N-dealkylation sites (tertiary alicyclic amines) is 1. The van der Waals surface area contributed by atoms with E-state index in [1.54, 1.807) is 17.9 Å². The molecular weight excluding hydrogens is 294 g/mol. The third-order valence-electron chi connectivity index (χ3n) is 3.78. The first kappa shape index (κ1) is 17.4. The van der Waals surface area contributed by atoms with Crippen LogP contribution in [0.4, 0.5) is 5.69 Å². The summed E-state index contributed by atoms with van der Waals surface area (Å²) >= 11 is 0. The van der Waals surface area contributed by atoms with Gasteiger partial charge in [0.1, 0.15) is 0 Å². The number of carbonyl (C=O) groups is 1. The molecule has 1 amide bonds. The average Bonchev–Trinajstić information content (AvgIpc) is 2.46. The highest BCUT2D eigenvalue weighted by Crippen LogP contribution is 2.21. The Bertz CT molecular complexity index is 536. The number of benzene rings is 1. The minimum absolute atomic E-state index is 0. The first-order chi connectivity index (χ1) is 9.52. The number of carbonyl (C=O) groups excluding carboxylic acids is 1. The molecule has 1 aromatic rings. The SMILES string of the molecule is CNC1CCCN(C(=O)c2cc([N+](=O)[O-])ccc2C)C1.Cl. The minimum atomic E-state index is -0.469. The van der Waals surface area contributed by atoms with Crippen LogP contribution in [0.3, 0.4) is 0 Å². The molecule has 2 rings (SSSR count). The normalized spacial score (nSPS) is 18.0. The molecule has 21 heavy (non-hydrogen) atoms. The van der Waals surface area contributed by atoms with Gasteiger partial charge in [-0.05, 0) is 32.4 Å². The Hall–Kier alpha value is -1.66. The number of nitro benzene ring substituents is 1. The zero-order valence-electron chi connectivity index (χ0n) is 12.2. The van der Waals surface area contributed by atoms with Crippen LogP contribution >= 0.6 is 12.4 Å². The van der Waals surface area contributed by atoms with Gasteiger partial charge in [0.2, 0.25) is 0 Å². The number of aryl methyl sites for hydroxylation is 1. The molecule has 7 heteroatoms. The molecule has 0 saturated carbocycles. The number of non-ortho nitro benzene ring substituents is 1. The topological polar surface area (TPSA) is 75.5 Å². The van der Waals surface area contributed by atoms with Crippen molar-refractivity contribution in [3.8, 4) is 0 Å². The highest BCUT2D eigenvalue weighted by molar-refractivity contribution is 5.96. The average molecular weight is 314 g/mol. The molecule has 1 aromatic carbocycles. The summed E-state index contributed by atoms with van der Waals surface area (Å²) in [5, 5.41) is 14.0. The Morgan fingerprint density at radius 3 is 2.81 bits per heavy atom. The van der Waals surface area contributed by atoms with Crippen molar-refractivity contribution >= 4 is 24.0 Å². The quantitative estimate of drug-likeness (QED) is 0.685. The van der Waals surface area contributed by atoms with Crippen molar-refractivity contribution in [2.45, 2.75) is 25.8 Å². The molecule has 1 saturated heterocycles. The molecule has 0 aliphatic carbocycles. The minimum Gasteiger partial charge on any atom is -0.337 e. The van der Waals surface area contributed by atoms with Gasteiger partial charge in [-0.15, -0.1) is 12.4 Å². The second kappa shape index (κ2) is 7.38. The Labute approximate surface area is 130 Å². The number of rotatable bonds is 3. The van der Waals surface area contributed by atoms with Crippen molar-refractivity contribution in [1.29, 1.82) is 0 Å². The highest BCUT2D eigenvalue weighted by Gasteiger charge is 2.25. The van der Waals surface area contributed by atoms with E-state index < -0.39 is 4.92 Å². The molecule has 1 N–H and O–H groups in total. The van der Waals surface area contributed by atoms with Gasteiger partial charge in [0.15, 0.2) is 0 Å². The van der Waals surface area contributed by atoms with Gasteiger partial charge in [-0.1, -0.05) is 6.07 Å². The number of halogens is 1. The van der Waals surface area contributed by atoms with Crippen LogP contribution in [0.1, 0.15) is 28.8 Å². The lowest BCUT2D eigenvalue weighted by Gasteiger charge is -2.32. The molecule has 1 unspecified atom stereocenters. The number of hydrogen-bond acceptors (Lipinski definition) is 4. The van der Waals surface area contributed by atoms with Gasteiger partial charge in [-0.3, -0.25) is 14.9 Å². The van der Waals surface area contributed by atoms with Crippen molar-refractivity contribution in [3.05, 3.63) is 39.4 Å². The number of nitrogens with one attached hydrogen (secondary N) is 1. The molecule has 1 atom stereocenters. The first-order valence-electron chi connectivity index (χ1n) is 6.74. The number of amides is 1. The summed E-state index contributed by atoms with van der Waals surface area (Å²) < 4.78 is 0. The molecular formula is C14H20ClN3O3. The van der Waals surface area contributed by atoms with Crippen LogP contribution < -0.4 is 5.32 Å². The molecule has 116 valence electrons. The summed E-state index contributed by atoms with van der Waals surface area (Å²) in [6.45, 7) is 3.16. The smallest absolute Gasteiger partial charge is 0.270 e. The molecule has 0 bridgehead atoms. The van der Waals surface area contributed by atoms with E-state index in [0.717, 1.165) is 18.4 Å². The summed E-state index contributed by atoms with van der Waals surface area (Å²) in [7, 11) is 1.89. The van der Waals surface area contributed by atoms with Gasteiger partial charge < -0.3 is 10.2 Å². The van der Waals surface area contributed by atoms with E-state index in [-0.39, 0.29) is 24.0 Å². The zero-order valence-corrected chi connectivity index (χ0v) is 13.0. The van der Waals surface area contributed by atoms with Gasteiger partial charge in [-0.2, -0.15) is 0 Å². The van der Waals surface area contributed by atoms with Gasteiger partial charge in [0, 0.05) is 36.8 Å². The Kier molecular flexibility index (Phi) is 6.11. The third-order valence-corrected chi connectivity index (χ3v) is 3.78. The standard InChI is InChI=1S/C14H19N3O3.ClH/c1-10-5-6-12(17(19)20)8-13(10)14(18)16-7-3-4-11(9-16)15-2;/h5-6,8,11,15H,3-4,7,9H2,1-2H3;1H. The van der Waals surface area contributed by atoms with Gasteiger partial charge in [0.05, 0.1) is 4.92 Å². The summed E-state index contributed by atoms with van der Waals surface area (Å²) in [6, 6.07) is 4.73. The van der Waals surface area contributed by atoms with Crippen molar-refractivity contribution in [2.24, 2.45) is 0 Å². The fourth-order valence-corrected chi connectivity index (χ4v) is 2.52. The van der Waals surface area contributed by atoms with E-state index in [4.69, 9.17) is 0 Å². The molecule has 1 aliphatic rings. The van der Waals surface area contributed by atoms with Crippen LogP contribution in [-0.2, 0) is 0 Å². The molecule has 0 aromatic heterocycles. The van der Waals surface area contributed by atoms with Crippen molar-refractivity contribution in [1.82, 2.24) is 10.2 Å². The lowest BCUT2D eigenvalue weighted by Crippen LogP contribution is -2.47. The highest BCUT2D eigenvalue weighted by atomic mass is 35.5.